The molecular weight excluding hydrogens is 472 g/mol. The van der Waals surface area contributed by atoms with Gasteiger partial charge in [-0.1, -0.05) is 23.7 Å². The topological polar surface area (TPSA) is 99.9 Å². The number of carbonyl (C=O) groups excluding carboxylic acids is 2. The van der Waals surface area contributed by atoms with Crippen molar-refractivity contribution in [3.05, 3.63) is 56.9 Å². The summed E-state index contributed by atoms with van der Waals surface area (Å²) < 4.78 is 71.1. The lowest BCUT2D eigenvalue weighted by molar-refractivity contribution is -0.141. The highest BCUT2D eigenvalue weighted by Gasteiger charge is 2.45. The summed E-state index contributed by atoms with van der Waals surface area (Å²) in [7, 11) is 0.985. The molecule has 12 heteroatoms. The number of hydrogen-bond donors (Lipinski definition) is 2. The molecule has 1 unspecified atom stereocenters. The fraction of sp³-hybridized carbons (Fsp3) is 0.429. The van der Waals surface area contributed by atoms with E-state index >= 15 is 0 Å². The van der Waals surface area contributed by atoms with Crippen LogP contribution in [0.25, 0.3) is 0 Å². The van der Waals surface area contributed by atoms with Crippen molar-refractivity contribution in [1.82, 2.24) is 5.32 Å². The minimum Gasteiger partial charge on any atom is -0.466 e. The second-order valence-corrected chi connectivity index (χ2v) is 7.14. The normalized spacial score (nSPS) is 16.5. The van der Waals surface area contributed by atoms with Gasteiger partial charge in [0.05, 0.1) is 66.0 Å². The Hall–Kier alpha value is -2.63. The summed E-state index contributed by atoms with van der Waals surface area (Å²) in [6, 6.07) is 3.30. The first kappa shape index (κ1) is 26.6. The number of hydrogen-bond acceptors (Lipinski definition) is 7. The summed E-state index contributed by atoms with van der Waals surface area (Å²) in [6.07, 6.45) is -4.95. The highest BCUT2D eigenvalue weighted by Crippen LogP contribution is 2.46. The smallest absolute Gasteiger partial charge is 0.418 e. The minimum absolute atomic E-state index is 0.0510. The van der Waals surface area contributed by atoms with Crippen LogP contribution in [0, 0.1) is 0 Å². The zero-order valence-electron chi connectivity index (χ0n) is 17.9. The van der Waals surface area contributed by atoms with E-state index in [9.17, 15) is 27.2 Å². The van der Waals surface area contributed by atoms with E-state index in [1.807, 2.05) is 0 Å². The molecule has 0 saturated heterocycles. The predicted molar refractivity (Wildman–Crippen MR) is 111 cm³/mol. The van der Waals surface area contributed by atoms with Gasteiger partial charge < -0.3 is 25.3 Å². The third-order valence-corrected chi connectivity index (χ3v) is 5.03. The molecule has 0 aromatic heterocycles. The molecule has 1 heterocycles. The molecule has 0 spiro atoms. The lowest BCUT2D eigenvalue weighted by Gasteiger charge is -2.33. The van der Waals surface area contributed by atoms with Gasteiger partial charge in [0.2, 0.25) is 0 Å². The SMILES string of the molecule is CCOC(=O)C1=C(COCCN)NC(CF)=C(C(=O)OC)C1c1cccc(Cl)c1C(F)(F)F. The maximum Gasteiger partial charge on any atom is 0.418 e. The molecule has 0 saturated carbocycles. The Morgan fingerprint density at radius 2 is 1.85 bits per heavy atom. The number of nitrogens with one attached hydrogen (secondary N) is 1. The number of nitrogens with two attached hydrogens (primary N) is 1. The van der Waals surface area contributed by atoms with Crippen molar-refractivity contribution in [3.8, 4) is 0 Å². The van der Waals surface area contributed by atoms with Crippen molar-refractivity contribution in [2.45, 2.75) is 19.0 Å². The fourth-order valence-electron chi connectivity index (χ4n) is 3.48. The molecule has 1 aliphatic rings. The molecule has 0 amide bonds. The molecule has 0 aliphatic carbocycles. The summed E-state index contributed by atoms with van der Waals surface area (Å²) >= 11 is 5.88. The Labute approximate surface area is 192 Å². The second-order valence-electron chi connectivity index (χ2n) is 6.73. The van der Waals surface area contributed by atoms with E-state index in [0.717, 1.165) is 19.2 Å². The van der Waals surface area contributed by atoms with Crippen molar-refractivity contribution in [3.63, 3.8) is 0 Å². The second kappa shape index (κ2) is 11.5. The molecule has 1 atom stereocenters. The Kier molecular flexibility index (Phi) is 9.26. The van der Waals surface area contributed by atoms with Gasteiger partial charge in [0.15, 0.2) is 0 Å². The molecule has 0 radical (unpaired) electrons. The maximum atomic E-state index is 14.0. The van der Waals surface area contributed by atoms with Crippen molar-refractivity contribution >= 4 is 23.5 Å². The van der Waals surface area contributed by atoms with Gasteiger partial charge >= 0.3 is 18.1 Å². The van der Waals surface area contributed by atoms with E-state index in [2.05, 4.69) is 5.32 Å². The van der Waals surface area contributed by atoms with Gasteiger partial charge in [-0.3, -0.25) is 0 Å². The third-order valence-electron chi connectivity index (χ3n) is 4.71. The quantitative estimate of drug-likeness (QED) is 0.309. The highest BCUT2D eigenvalue weighted by atomic mass is 35.5. The van der Waals surface area contributed by atoms with Gasteiger partial charge in [-0.2, -0.15) is 13.2 Å². The van der Waals surface area contributed by atoms with Crippen LogP contribution in [0.4, 0.5) is 17.6 Å². The molecule has 1 aromatic carbocycles. The van der Waals surface area contributed by atoms with E-state index in [4.69, 9.17) is 31.5 Å². The van der Waals surface area contributed by atoms with Crippen LogP contribution in [-0.2, 0) is 30.0 Å². The van der Waals surface area contributed by atoms with Crippen LogP contribution >= 0.6 is 11.6 Å². The van der Waals surface area contributed by atoms with Crippen LogP contribution < -0.4 is 11.1 Å². The van der Waals surface area contributed by atoms with Crippen LogP contribution in [-0.4, -0.2) is 52.1 Å². The molecule has 3 N–H and O–H groups in total. The Morgan fingerprint density at radius 3 is 2.39 bits per heavy atom. The fourth-order valence-corrected chi connectivity index (χ4v) is 3.77. The molecule has 2 rings (SSSR count). The first-order valence-corrected chi connectivity index (χ1v) is 10.2. The zero-order valence-corrected chi connectivity index (χ0v) is 18.6. The van der Waals surface area contributed by atoms with Crippen molar-refractivity contribution in [2.24, 2.45) is 5.73 Å². The number of methoxy groups -OCH3 is 1. The molecule has 1 aliphatic heterocycles. The Bertz CT molecular complexity index is 962. The molecule has 0 bridgehead atoms. The minimum atomic E-state index is -4.95. The number of allylic oxidation sites excluding steroid dienone is 1. The number of esters is 2. The van der Waals surface area contributed by atoms with E-state index in [-0.39, 0.29) is 43.3 Å². The maximum absolute atomic E-state index is 14.0. The van der Waals surface area contributed by atoms with E-state index in [1.165, 1.54) is 13.0 Å². The van der Waals surface area contributed by atoms with E-state index in [0.29, 0.717) is 0 Å². The van der Waals surface area contributed by atoms with Crippen LogP contribution in [0.2, 0.25) is 5.02 Å². The summed E-state index contributed by atoms with van der Waals surface area (Å²) in [5.74, 6) is -3.85. The third kappa shape index (κ3) is 5.84. The van der Waals surface area contributed by atoms with E-state index in [1.54, 1.807) is 0 Å². The zero-order chi connectivity index (χ0) is 24.8. The number of rotatable bonds is 9. The predicted octanol–water partition coefficient (Wildman–Crippen LogP) is 3.23. The number of benzene rings is 1. The molecule has 33 heavy (non-hydrogen) atoms. The molecule has 7 nitrogen and oxygen atoms in total. The molecular formula is C21H23ClF4N2O5. The number of halogens is 5. The summed E-state index contributed by atoms with van der Waals surface area (Å²) in [4.78, 5) is 25.6. The van der Waals surface area contributed by atoms with Crippen molar-refractivity contribution in [2.75, 3.05) is 40.1 Å². The lowest BCUT2D eigenvalue weighted by Crippen LogP contribution is -2.37. The summed E-state index contributed by atoms with van der Waals surface area (Å²) in [5.41, 5.74) is 2.26. The summed E-state index contributed by atoms with van der Waals surface area (Å²) in [5, 5.41) is 1.93. The van der Waals surface area contributed by atoms with Gasteiger partial charge in [0.25, 0.3) is 0 Å². The lowest BCUT2D eigenvalue weighted by atomic mass is 9.78. The average molecular weight is 495 g/mol. The van der Waals surface area contributed by atoms with Crippen LogP contribution in [0.15, 0.2) is 40.7 Å². The molecule has 0 fully saturated rings. The number of carbonyl (C=O) groups is 2. The first-order chi connectivity index (χ1) is 15.6. The first-order valence-electron chi connectivity index (χ1n) is 9.80. The Morgan fingerprint density at radius 1 is 1.18 bits per heavy atom. The number of ether oxygens (including phenoxy) is 3. The largest absolute Gasteiger partial charge is 0.466 e. The monoisotopic (exact) mass is 494 g/mol. The number of dihydropyridines is 1. The highest BCUT2D eigenvalue weighted by molar-refractivity contribution is 6.31. The van der Waals surface area contributed by atoms with Gasteiger partial charge in [0, 0.05) is 6.54 Å². The van der Waals surface area contributed by atoms with Crippen molar-refractivity contribution in [1.29, 1.82) is 0 Å². The van der Waals surface area contributed by atoms with Gasteiger partial charge in [0.1, 0.15) is 6.67 Å². The van der Waals surface area contributed by atoms with Crippen molar-refractivity contribution < 1.29 is 41.4 Å². The average Bonchev–Trinajstić information content (AvgIpc) is 2.76. The van der Waals surface area contributed by atoms with Gasteiger partial charge in [-0.25, -0.2) is 14.0 Å². The molecule has 1 aromatic rings. The van der Waals surface area contributed by atoms with Crippen LogP contribution in [0.5, 0.6) is 0 Å². The summed E-state index contributed by atoms with van der Waals surface area (Å²) in [6.45, 7) is -0.0342. The van der Waals surface area contributed by atoms with Crippen LogP contribution in [0.3, 0.4) is 0 Å². The molecule has 182 valence electrons. The van der Waals surface area contributed by atoms with Gasteiger partial charge in [-0.05, 0) is 18.6 Å². The standard InChI is InChI=1S/C21H23ClF4N2O5/c1-3-33-20(30)17-14(10-32-8-7-27)28-13(9-23)16(19(29)31-2)15(17)11-5-4-6-12(22)18(11)21(24,25)26/h4-6,15,28H,3,7-10,27H2,1-2H3. The number of alkyl halides is 4. The van der Waals surface area contributed by atoms with Gasteiger partial charge in [-0.15, -0.1) is 0 Å². The van der Waals surface area contributed by atoms with E-state index < -0.39 is 52.4 Å². The van der Waals surface area contributed by atoms with Crippen LogP contribution in [0.1, 0.15) is 24.0 Å². The Balaban J connectivity index is 2.91.